The van der Waals surface area contributed by atoms with E-state index in [-0.39, 0.29) is 5.91 Å². The minimum Gasteiger partial charge on any atom is -0.493 e. The summed E-state index contributed by atoms with van der Waals surface area (Å²) in [5, 5.41) is 3.85. The van der Waals surface area contributed by atoms with Crippen LogP contribution >= 0.6 is 38.5 Å². The van der Waals surface area contributed by atoms with Crippen LogP contribution in [0.15, 0.2) is 46.0 Å². The number of benzene rings is 2. The van der Waals surface area contributed by atoms with Crippen molar-refractivity contribution in [3.05, 3.63) is 50.0 Å². The molecule has 1 N–H and O–H groups in total. The Morgan fingerprint density at radius 2 is 1.92 bits per heavy atom. The number of hydrazone groups is 1. The maximum atomic E-state index is 10.9. The highest BCUT2D eigenvalue weighted by Crippen LogP contribution is 2.33. The number of carbonyl (C=O) groups excluding carboxylic acids is 1. The standard InChI is InChI=1S/C18H18BrIN2O4/c1-12(23)22-21-11-13-9-16(20)18(17(10-13)24-2)26-8-7-25-15-5-3-14(19)4-6-15/h3-6,9-11H,7-8H2,1-2H3,(H,22,23)/b21-11-. The monoisotopic (exact) mass is 532 g/mol. The molecular formula is C18H18BrIN2O4. The first-order chi connectivity index (χ1) is 12.5. The number of nitrogens with zero attached hydrogens (tertiary/aromatic N) is 1. The van der Waals surface area contributed by atoms with E-state index < -0.39 is 0 Å². The maximum Gasteiger partial charge on any atom is 0.236 e. The zero-order chi connectivity index (χ0) is 18.9. The number of hydrogen-bond donors (Lipinski definition) is 1. The summed E-state index contributed by atoms with van der Waals surface area (Å²) < 4.78 is 18.7. The Bertz CT molecular complexity index is 782. The van der Waals surface area contributed by atoms with Crippen molar-refractivity contribution >= 4 is 50.6 Å². The molecule has 0 aromatic heterocycles. The van der Waals surface area contributed by atoms with Gasteiger partial charge in [-0.15, -0.1) is 0 Å². The molecule has 0 atom stereocenters. The molecule has 6 nitrogen and oxygen atoms in total. The van der Waals surface area contributed by atoms with Crippen LogP contribution < -0.4 is 19.6 Å². The number of amides is 1. The van der Waals surface area contributed by atoms with Gasteiger partial charge in [0.15, 0.2) is 11.5 Å². The van der Waals surface area contributed by atoms with Crippen molar-refractivity contribution in [2.45, 2.75) is 6.92 Å². The summed E-state index contributed by atoms with van der Waals surface area (Å²) in [6.45, 7) is 2.18. The largest absolute Gasteiger partial charge is 0.493 e. The molecule has 8 heteroatoms. The van der Waals surface area contributed by atoms with Crippen LogP contribution in [0.2, 0.25) is 0 Å². The van der Waals surface area contributed by atoms with E-state index in [1.165, 1.54) is 6.92 Å². The van der Waals surface area contributed by atoms with E-state index in [4.69, 9.17) is 14.2 Å². The molecule has 2 aromatic carbocycles. The van der Waals surface area contributed by atoms with Gasteiger partial charge in [0, 0.05) is 11.4 Å². The first-order valence-corrected chi connectivity index (χ1v) is 9.55. The zero-order valence-corrected chi connectivity index (χ0v) is 18.0. The minimum absolute atomic E-state index is 0.228. The predicted octanol–water partition coefficient (Wildman–Crippen LogP) is 3.99. The quantitative estimate of drug-likeness (QED) is 0.241. The third kappa shape index (κ3) is 6.49. The lowest BCUT2D eigenvalue weighted by molar-refractivity contribution is -0.118. The van der Waals surface area contributed by atoms with Crippen molar-refractivity contribution < 1.29 is 19.0 Å². The van der Waals surface area contributed by atoms with E-state index in [0.717, 1.165) is 19.4 Å². The lowest BCUT2D eigenvalue weighted by Gasteiger charge is -2.14. The summed E-state index contributed by atoms with van der Waals surface area (Å²) in [5.41, 5.74) is 3.15. The fourth-order valence-electron chi connectivity index (χ4n) is 1.99. The lowest BCUT2D eigenvalue weighted by Crippen LogP contribution is -2.12. The van der Waals surface area contributed by atoms with Crippen molar-refractivity contribution in [2.75, 3.05) is 20.3 Å². The first kappa shape index (κ1) is 20.5. The molecule has 2 aromatic rings. The number of halogens is 2. The van der Waals surface area contributed by atoms with Crippen molar-refractivity contribution in [1.29, 1.82) is 0 Å². The van der Waals surface area contributed by atoms with Crippen LogP contribution in [-0.4, -0.2) is 32.4 Å². The molecule has 0 bridgehead atoms. The average Bonchev–Trinajstić information content (AvgIpc) is 2.61. The van der Waals surface area contributed by atoms with Crippen molar-refractivity contribution in [1.82, 2.24) is 5.43 Å². The Morgan fingerprint density at radius 3 is 2.58 bits per heavy atom. The molecule has 26 heavy (non-hydrogen) atoms. The Hall–Kier alpha value is -1.81. The fourth-order valence-corrected chi connectivity index (χ4v) is 3.03. The molecule has 0 saturated carbocycles. The number of ether oxygens (including phenoxy) is 3. The van der Waals surface area contributed by atoms with Crippen molar-refractivity contribution in [3.8, 4) is 17.2 Å². The van der Waals surface area contributed by atoms with Gasteiger partial charge in [-0.05, 0) is 64.6 Å². The average molecular weight is 533 g/mol. The van der Waals surface area contributed by atoms with E-state index in [1.807, 2.05) is 30.3 Å². The molecular weight excluding hydrogens is 515 g/mol. The molecule has 0 spiro atoms. The third-order valence-electron chi connectivity index (χ3n) is 3.10. The van der Waals surface area contributed by atoms with Crippen LogP contribution in [-0.2, 0) is 4.79 Å². The molecule has 0 heterocycles. The molecule has 1 amide bonds. The van der Waals surface area contributed by atoms with Gasteiger partial charge in [-0.3, -0.25) is 4.79 Å². The SMILES string of the molecule is COc1cc(/C=N\NC(C)=O)cc(I)c1OCCOc1ccc(Br)cc1. The van der Waals surface area contributed by atoms with Crippen molar-refractivity contribution in [2.24, 2.45) is 5.10 Å². The minimum atomic E-state index is -0.228. The topological polar surface area (TPSA) is 69.2 Å². The second kappa shape index (κ2) is 10.4. The van der Waals surface area contributed by atoms with Crippen LogP contribution in [0.3, 0.4) is 0 Å². The van der Waals surface area contributed by atoms with Gasteiger partial charge >= 0.3 is 0 Å². The van der Waals surface area contributed by atoms with Crippen LogP contribution in [0.1, 0.15) is 12.5 Å². The zero-order valence-electron chi connectivity index (χ0n) is 14.3. The molecule has 0 radical (unpaired) electrons. The Balaban J connectivity index is 1.96. The fraction of sp³-hybridized carbons (Fsp3) is 0.222. The van der Waals surface area contributed by atoms with Gasteiger partial charge in [0.2, 0.25) is 5.91 Å². The van der Waals surface area contributed by atoms with Gasteiger partial charge in [0.1, 0.15) is 19.0 Å². The molecule has 0 unspecified atom stereocenters. The molecule has 0 fully saturated rings. The summed E-state index contributed by atoms with van der Waals surface area (Å²) in [4.78, 5) is 10.9. The second-order valence-electron chi connectivity index (χ2n) is 5.11. The molecule has 0 aliphatic heterocycles. The molecule has 0 aliphatic carbocycles. The molecule has 138 valence electrons. The molecule has 0 saturated heterocycles. The Labute approximate surface area is 174 Å². The summed E-state index contributed by atoms with van der Waals surface area (Å²) >= 11 is 5.55. The van der Waals surface area contributed by atoms with E-state index in [1.54, 1.807) is 19.4 Å². The van der Waals surface area contributed by atoms with Crippen LogP contribution in [0, 0.1) is 3.57 Å². The van der Waals surface area contributed by atoms with E-state index in [9.17, 15) is 4.79 Å². The van der Waals surface area contributed by atoms with Crippen molar-refractivity contribution in [3.63, 3.8) is 0 Å². The molecule has 2 rings (SSSR count). The van der Waals surface area contributed by atoms with Gasteiger partial charge in [-0.2, -0.15) is 5.10 Å². The highest BCUT2D eigenvalue weighted by molar-refractivity contribution is 14.1. The third-order valence-corrected chi connectivity index (χ3v) is 4.43. The lowest BCUT2D eigenvalue weighted by atomic mass is 10.2. The van der Waals surface area contributed by atoms with Gasteiger partial charge in [0.05, 0.1) is 16.9 Å². The normalized spacial score (nSPS) is 10.6. The Morgan fingerprint density at radius 1 is 1.23 bits per heavy atom. The summed E-state index contributed by atoms with van der Waals surface area (Å²) in [6, 6.07) is 11.3. The highest BCUT2D eigenvalue weighted by atomic mass is 127. The van der Waals surface area contributed by atoms with Crippen LogP contribution in [0.4, 0.5) is 0 Å². The number of methoxy groups -OCH3 is 1. The summed E-state index contributed by atoms with van der Waals surface area (Å²) in [6.07, 6.45) is 1.55. The van der Waals surface area contributed by atoms with Gasteiger partial charge in [-0.1, -0.05) is 15.9 Å². The second-order valence-corrected chi connectivity index (χ2v) is 7.19. The van der Waals surface area contributed by atoms with E-state index >= 15 is 0 Å². The summed E-state index contributed by atoms with van der Waals surface area (Å²) in [5.74, 6) is 1.78. The highest BCUT2D eigenvalue weighted by Gasteiger charge is 2.11. The number of carbonyl (C=O) groups is 1. The number of hydrogen-bond acceptors (Lipinski definition) is 5. The van der Waals surface area contributed by atoms with Crippen LogP contribution in [0.25, 0.3) is 0 Å². The van der Waals surface area contributed by atoms with Crippen LogP contribution in [0.5, 0.6) is 17.2 Å². The molecule has 0 aliphatic rings. The summed E-state index contributed by atoms with van der Waals surface area (Å²) in [7, 11) is 1.57. The smallest absolute Gasteiger partial charge is 0.236 e. The van der Waals surface area contributed by atoms with Gasteiger partial charge in [0.25, 0.3) is 0 Å². The van der Waals surface area contributed by atoms with Gasteiger partial charge in [-0.25, -0.2) is 5.43 Å². The first-order valence-electron chi connectivity index (χ1n) is 7.68. The number of nitrogens with one attached hydrogen (secondary N) is 1. The van der Waals surface area contributed by atoms with E-state index in [2.05, 4.69) is 49.0 Å². The number of rotatable bonds is 8. The maximum absolute atomic E-state index is 10.9. The van der Waals surface area contributed by atoms with Gasteiger partial charge < -0.3 is 14.2 Å². The predicted molar refractivity (Wildman–Crippen MR) is 112 cm³/mol. The van der Waals surface area contributed by atoms with E-state index in [0.29, 0.717) is 24.7 Å². The Kier molecular flexibility index (Phi) is 8.17.